The standard InChI is InChI=1S/C20H22ClNO3/c1-20(19(23)24)9-10-22(14-20)12-15-5-4-7-17(11-15)25-13-16-6-2-3-8-18(16)21/h2-8,11H,9-10,12-14H2,1H3,(H,23,24). The van der Waals surface area contributed by atoms with Crippen molar-refractivity contribution in [2.75, 3.05) is 13.1 Å². The van der Waals surface area contributed by atoms with Crippen LogP contribution in [0.2, 0.25) is 5.02 Å². The van der Waals surface area contributed by atoms with Crippen LogP contribution in [0.15, 0.2) is 48.5 Å². The molecule has 1 fully saturated rings. The van der Waals surface area contributed by atoms with E-state index in [-0.39, 0.29) is 0 Å². The van der Waals surface area contributed by atoms with Crippen LogP contribution >= 0.6 is 11.6 Å². The van der Waals surface area contributed by atoms with E-state index in [4.69, 9.17) is 16.3 Å². The number of carboxylic acid groups (broad SMARTS) is 1. The van der Waals surface area contributed by atoms with E-state index < -0.39 is 11.4 Å². The Labute approximate surface area is 153 Å². The van der Waals surface area contributed by atoms with Gasteiger partial charge in [0.15, 0.2) is 0 Å². The number of nitrogens with zero attached hydrogens (tertiary/aromatic N) is 1. The molecule has 2 aromatic rings. The molecule has 1 heterocycles. The molecule has 0 saturated carbocycles. The number of likely N-dealkylation sites (tertiary alicyclic amines) is 1. The van der Waals surface area contributed by atoms with Gasteiger partial charge in [-0.25, -0.2) is 0 Å². The quantitative estimate of drug-likeness (QED) is 0.839. The molecule has 1 saturated heterocycles. The van der Waals surface area contributed by atoms with Gasteiger partial charge in [-0.3, -0.25) is 9.69 Å². The second-order valence-corrected chi connectivity index (χ2v) is 7.26. The Morgan fingerprint density at radius 1 is 1.28 bits per heavy atom. The first-order valence-electron chi connectivity index (χ1n) is 8.37. The average molecular weight is 360 g/mol. The van der Waals surface area contributed by atoms with Crippen LogP contribution in [-0.2, 0) is 17.9 Å². The summed E-state index contributed by atoms with van der Waals surface area (Å²) in [6.07, 6.45) is 0.686. The van der Waals surface area contributed by atoms with Gasteiger partial charge >= 0.3 is 5.97 Å². The van der Waals surface area contributed by atoms with Crippen molar-refractivity contribution in [2.24, 2.45) is 5.41 Å². The topological polar surface area (TPSA) is 49.8 Å². The first-order valence-corrected chi connectivity index (χ1v) is 8.75. The number of hydrogen-bond donors (Lipinski definition) is 1. The second-order valence-electron chi connectivity index (χ2n) is 6.85. The van der Waals surface area contributed by atoms with Crippen LogP contribution in [0, 0.1) is 5.41 Å². The number of halogens is 1. The molecule has 2 aromatic carbocycles. The van der Waals surface area contributed by atoms with E-state index in [0.717, 1.165) is 30.0 Å². The van der Waals surface area contributed by atoms with Crippen molar-refractivity contribution in [1.82, 2.24) is 4.90 Å². The van der Waals surface area contributed by atoms with E-state index in [1.54, 1.807) is 0 Å². The van der Waals surface area contributed by atoms with Gasteiger partial charge in [0.1, 0.15) is 12.4 Å². The highest BCUT2D eigenvalue weighted by atomic mass is 35.5. The minimum Gasteiger partial charge on any atom is -0.489 e. The molecular formula is C20H22ClNO3. The Kier molecular flexibility index (Phi) is 5.30. The number of hydrogen-bond acceptors (Lipinski definition) is 3. The summed E-state index contributed by atoms with van der Waals surface area (Å²) in [7, 11) is 0. The van der Waals surface area contributed by atoms with Crippen LogP contribution in [0.5, 0.6) is 5.75 Å². The maximum atomic E-state index is 11.4. The van der Waals surface area contributed by atoms with E-state index in [1.807, 2.05) is 55.5 Å². The Hall–Kier alpha value is -2.04. The van der Waals surface area contributed by atoms with Gasteiger partial charge in [-0.2, -0.15) is 0 Å². The molecule has 25 heavy (non-hydrogen) atoms. The van der Waals surface area contributed by atoms with Crippen LogP contribution in [0.3, 0.4) is 0 Å². The smallest absolute Gasteiger partial charge is 0.310 e. The summed E-state index contributed by atoms with van der Waals surface area (Å²) < 4.78 is 5.86. The third-order valence-corrected chi connectivity index (χ3v) is 5.09. The minimum absolute atomic E-state index is 0.421. The van der Waals surface area contributed by atoms with E-state index in [2.05, 4.69) is 4.90 Å². The lowest BCUT2D eigenvalue weighted by Crippen LogP contribution is -2.31. The molecule has 1 aliphatic rings. The van der Waals surface area contributed by atoms with Gasteiger partial charge in [-0.05, 0) is 43.7 Å². The van der Waals surface area contributed by atoms with Gasteiger partial charge in [-0.1, -0.05) is 41.9 Å². The van der Waals surface area contributed by atoms with Crippen LogP contribution in [-0.4, -0.2) is 29.1 Å². The SMILES string of the molecule is CC1(C(=O)O)CCN(Cc2cccc(OCc3ccccc3Cl)c2)C1. The lowest BCUT2D eigenvalue weighted by molar-refractivity contribution is -0.147. The molecule has 0 amide bonds. The average Bonchev–Trinajstić information content (AvgIpc) is 2.97. The van der Waals surface area contributed by atoms with Gasteiger partial charge in [-0.15, -0.1) is 0 Å². The van der Waals surface area contributed by atoms with Crippen molar-refractivity contribution >= 4 is 17.6 Å². The maximum Gasteiger partial charge on any atom is 0.310 e. The summed E-state index contributed by atoms with van der Waals surface area (Å²) in [6, 6.07) is 15.6. The van der Waals surface area contributed by atoms with E-state index in [9.17, 15) is 9.90 Å². The predicted octanol–water partition coefficient (Wildman–Crippen LogP) is 4.22. The molecule has 1 unspecified atom stereocenters. The molecule has 5 heteroatoms. The fourth-order valence-corrected chi connectivity index (χ4v) is 3.32. The Balaban J connectivity index is 1.60. The molecule has 4 nitrogen and oxygen atoms in total. The van der Waals surface area contributed by atoms with Gasteiger partial charge in [0, 0.05) is 23.7 Å². The van der Waals surface area contributed by atoms with Crippen molar-refractivity contribution < 1.29 is 14.6 Å². The monoisotopic (exact) mass is 359 g/mol. The zero-order chi connectivity index (χ0) is 17.9. The third kappa shape index (κ3) is 4.33. The minimum atomic E-state index is -0.716. The Morgan fingerprint density at radius 3 is 2.80 bits per heavy atom. The van der Waals surface area contributed by atoms with Crippen molar-refractivity contribution in [1.29, 1.82) is 0 Å². The highest BCUT2D eigenvalue weighted by Gasteiger charge is 2.40. The number of benzene rings is 2. The summed E-state index contributed by atoms with van der Waals surface area (Å²) in [5.74, 6) is 0.0736. The molecule has 1 N–H and O–H groups in total. The Morgan fingerprint density at radius 2 is 2.08 bits per heavy atom. The zero-order valence-electron chi connectivity index (χ0n) is 14.2. The predicted molar refractivity (Wildman–Crippen MR) is 97.9 cm³/mol. The molecule has 0 aliphatic carbocycles. The normalized spacial score (nSPS) is 20.6. The number of carbonyl (C=O) groups is 1. The van der Waals surface area contributed by atoms with Gasteiger partial charge in [0.2, 0.25) is 0 Å². The third-order valence-electron chi connectivity index (χ3n) is 4.73. The zero-order valence-corrected chi connectivity index (χ0v) is 15.0. The van der Waals surface area contributed by atoms with Crippen molar-refractivity contribution in [2.45, 2.75) is 26.5 Å². The lowest BCUT2D eigenvalue weighted by Gasteiger charge is -2.20. The Bertz CT molecular complexity index is 764. The highest BCUT2D eigenvalue weighted by Crippen LogP contribution is 2.31. The number of rotatable bonds is 6. The van der Waals surface area contributed by atoms with Crippen LogP contribution in [0.1, 0.15) is 24.5 Å². The highest BCUT2D eigenvalue weighted by molar-refractivity contribution is 6.31. The molecule has 0 spiro atoms. The first-order chi connectivity index (χ1) is 12.0. The molecule has 132 valence electrons. The van der Waals surface area contributed by atoms with Crippen LogP contribution in [0.4, 0.5) is 0 Å². The van der Waals surface area contributed by atoms with Gasteiger partial charge < -0.3 is 9.84 Å². The van der Waals surface area contributed by atoms with Crippen molar-refractivity contribution in [3.8, 4) is 5.75 Å². The molecule has 1 aliphatic heterocycles. The molecular weight excluding hydrogens is 338 g/mol. The fourth-order valence-electron chi connectivity index (χ4n) is 3.13. The summed E-state index contributed by atoms with van der Waals surface area (Å²) in [5, 5.41) is 10.0. The van der Waals surface area contributed by atoms with E-state index >= 15 is 0 Å². The summed E-state index contributed by atoms with van der Waals surface area (Å²) in [4.78, 5) is 13.5. The first kappa shape index (κ1) is 17.8. The van der Waals surface area contributed by atoms with Gasteiger partial charge in [0.25, 0.3) is 0 Å². The summed E-state index contributed by atoms with van der Waals surface area (Å²) in [6.45, 7) is 4.34. The maximum absolute atomic E-state index is 11.4. The largest absolute Gasteiger partial charge is 0.489 e. The van der Waals surface area contributed by atoms with E-state index in [0.29, 0.717) is 24.6 Å². The van der Waals surface area contributed by atoms with Crippen molar-refractivity contribution in [3.63, 3.8) is 0 Å². The summed E-state index contributed by atoms with van der Waals surface area (Å²) >= 11 is 6.15. The molecule has 1 atom stereocenters. The number of carboxylic acids is 1. The van der Waals surface area contributed by atoms with Gasteiger partial charge in [0.05, 0.1) is 5.41 Å². The molecule has 0 aromatic heterocycles. The summed E-state index contributed by atoms with van der Waals surface area (Å²) in [5.41, 5.74) is 1.43. The molecule has 0 bridgehead atoms. The fraction of sp³-hybridized carbons (Fsp3) is 0.350. The second kappa shape index (κ2) is 7.46. The lowest BCUT2D eigenvalue weighted by atomic mass is 9.90. The van der Waals surface area contributed by atoms with Crippen LogP contribution in [0.25, 0.3) is 0 Å². The molecule has 0 radical (unpaired) electrons. The van der Waals surface area contributed by atoms with Crippen molar-refractivity contribution in [3.05, 3.63) is 64.7 Å². The number of aliphatic carboxylic acids is 1. The number of ether oxygens (including phenoxy) is 1. The molecule has 3 rings (SSSR count). The van der Waals surface area contributed by atoms with Crippen LogP contribution < -0.4 is 4.74 Å². The van der Waals surface area contributed by atoms with E-state index in [1.165, 1.54) is 0 Å².